The highest BCUT2D eigenvalue weighted by Crippen LogP contribution is 2.13. The Kier molecular flexibility index (Phi) is 8.50. The monoisotopic (exact) mass is 447 g/mol. The van der Waals surface area contributed by atoms with E-state index in [1.165, 1.54) is 0 Å². The Balaban J connectivity index is 1.86. The molecule has 1 amide bonds. The third-order valence-corrected chi connectivity index (χ3v) is 4.92. The number of amides is 1. The Hall–Kier alpha value is -3.47. The number of aromatic amines is 1. The fourth-order valence-electron chi connectivity index (χ4n) is 2.93. The predicted octanol–water partition coefficient (Wildman–Crippen LogP) is 2.12. The number of hydrogen-bond donors (Lipinski definition) is 6. The van der Waals surface area contributed by atoms with Gasteiger partial charge in [0.2, 0.25) is 0 Å². The maximum absolute atomic E-state index is 12.3. The van der Waals surface area contributed by atoms with Crippen LogP contribution in [0.2, 0.25) is 0 Å². The van der Waals surface area contributed by atoms with Crippen molar-refractivity contribution in [2.45, 2.75) is 38.6 Å². The van der Waals surface area contributed by atoms with Crippen LogP contribution in [0.1, 0.15) is 40.9 Å². The summed E-state index contributed by atoms with van der Waals surface area (Å²) < 4.78 is 0.493. The van der Waals surface area contributed by atoms with E-state index in [0.717, 1.165) is 29.8 Å². The first-order valence-electron chi connectivity index (χ1n) is 9.62. The Bertz CT molecular complexity index is 1010. The zero-order valence-corrected chi connectivity index (χ0v) is 17.8. The van der Waals surface area contributed by atoms with Crippen molar-refractivity contribution in [3.63, 3.8) is 0 Å². The number of nitrogen functional groups attached to an aromatic ring is 1. The van der Waals surface area contributed by atoms with Crippen LogP contribution in [0.4, 0.5) is 11.6 Å². The highest BCUT2D eigenvalue weighted by Gasteiger charge is 2.21. The van der Waals surface area contributed by atoms with Crippen molar-refractivity contribution in [1.82, 2.24) is 15.3 Å². The lowest BCUT2D eigenvalue weighted by molar-refractivity contribution is -0.140. The summed E-state index contributed by atoms with van der Waals surface area (Å²) in [6.45, 7) is 2.57. The van der Waals surface area contributed by atoms with Crippen LogP contribution in [-0.4, -0.2) is 50.6 Å². The first kappa shape index (κ1) is 23.8. The first-order valence-corrected chi connectivity index (χ1v) is 10.0. The van der Waals surface area contributed by atoms with Crippen molar-refractivity contribution in [3.05, 3.63) is 45.7 Å². The van der Waals surface area contributed by atoms with E-state index in [0.29, 0.717) is 17.1 Å². The molecule has 1 aromatic carbocycles. The largest absolute Gasteiger partial charge is 0.481 e. The minimum absolute atomic E-state index is 0.192. The highest BCUT2D eigenvalue weighted by molar-refractivity contribution is 7.71. The summed E-state index contributed by atoms with van der Waals surface area (Å²) in [6, 6.07) is 5.30. The molecule has 1 atom stereocenters. The molecule has 11 heteroatoms. The number of nitrogens with zero attached hydrogens (tertiary/aromatic N) is 1. The van der Waals surface area contributed by atoms with Crippen molar-refractivity contribution >= 4 is 41.7 Å². The molecule has 1 heterocycles. The molecule has 0 spiro atoms. The quantitative estimate of drug-likeness (QED) is 0.223. The van der Waals surface area contributed by atoms with Gasteiger partial charge in [0.1, 0.15) is 10.7 Å². The number of carbonyl (C=O) groups is 3. The Labute approximate surface area is 183 Å². The maximum Gasteiger partial charge on any atom is 0.326 e. The molecule has 2 aromatic rings. The molecule has 1 aromatic heterocycles. The number of nitrogens with one attached hydrogen (secondary N) is 3. The van der Waals surface area contributed by atoms with Crippen LogP contribution in [0.25, 0.3) is 0 Å². The van der Waals surface area contributed by atoms with Crippen LogP contribution < -0.4 is 16.4 Å². The van der Waals surface area contributed by atoms with E-state index < -0.39 is 23.9 Å². The SMILES string of the molecule is Cc1[nH]c(N)nc(=S)c1CCCNc1ccc(C(=O)N[C@H](CCC(=O)O)C(=O)O)cc1. The zero-order valence-electron chi connectivity index (χ0n) is 17.0. The van der Waals surface area contributed by atoms with Crippen LogP contribution in [0.15, 0.2) is 24.3 Å². The number of aromatic nitrogens is 2. The van der Waals surface area contributed by atoms with Gasteiger partial charge in [-0.3, -0.25) is 9.59 Å². The molecule has 31 heavy (non-hydrogen) atoms. The van der Waals surface area contributed by atoms with Crippen LogP contribution in [0, 0.1) is 11.6 Å². The van der Waals surface area contributed by atoms with E-state index in [1.807, 2.05) is 6.92 Å². The molecule has 166 valence electrons. The minimum atomic E-state index is -1.28. The molecule has 0 saturated carbocycles. The molecule has 0 fully saturated rings. The van der Waals surface area contributed by atoms with Gasteiger partial charge in [0.05, 0.1) is 0 Å². The Morgan fingerprint density at radius 2 is 1.90 bits per heavy atom. The lowest BCUT2D eigenvalue weighted by Crippen LogP contribution is -2.41. The van der Waals surface area contributed by atoms with Gasteiger partial charge in [0.15, 0.2) is 5.95 Å². The first-order chi connectivity index (χ1) is 14.7. The topological polar surface area (TPSA) is 170 Å². The lowest BCUT2D eigenvalue weighted by atomic mass is 10.1. The van der Waals surface area contributed by atoms with Gasteiger partial charge in [-0.15, -0.1) is 0 Å². The second-order valence-corrected chi connectivity index (χ2v) is 7.32. The molecule has 7 N–H and O–H groups in total. The summed E-state index contributed by atoms with van der Waals surface area (Å²) in [7, 11) is 0. The highest BCUT2D eigenvalue weighted by atomic mass is 32.1. The van der Waals surface area contributed by atoms with Crippen molar-refractivity contribution in [2.75, 3.05) is 17.6 Å². The van der Waals surface area contributed by atoms with Gasteiger partial charge in [0, 0.05) is 35.5 Å². The van der Waals surface area contributed by atoms with Crippen molar-refractivity contribution in [3.8, 4) is 0 Å². The zero-order chi connectivity index (χ0) is 23.0. The lowest BCUT2D eigenvalue weighted by Gasteiger charge is -2.14. The summed E-state index contributed by atoms with van der Waals surface area (Å²) >= 11 is 5.25. The fourth-order valence-corrected chi connectivity index (χ4v) is 3.28. The van der Waals surface area contributed by atoms with Crippen LogP contribution in [0.5, 0.6) is 0 Å². The number of aryl methyl sites for hydroxylation is 1. The van der Waals surface area contributed by atoms with Crippen molar-refractivity contribution in [1.29, 1.82) is 0 Å². The number of carboxylic acids is 2. The molecule has 0 aliphatic carbocycles. The van der Waals surface area contributed by atoms with E-state index in [1.54, 1.807) is 24.3 Å². The van der Waals surface area contributed by atoms with Crippen LogP contribution in [-0.2, 0) is 16.0 Å². The van der Waals surface area contributed by atoms with Gasteiger partial charge < -0.3 is 31.6 Å². The van der Waals surface area contributed by atoms with Gasteiger partial charge in [-0.05, 0) is 50.5 Å². The third-order valence-electron chi connectivity index (χ3n) is 4.58. The Morgan fingerprint density at radius 3 is 2.48 bits per heavy atom. The van der Waals surface area contributed by atoms with Gasteiger partial charge in [-0.2, -0.15) is 0 Å². The summed E-state index contributed by atoms with van der Waals surface area (Å²) in [5.41, 5.74) is 8.57. The van der Waals surface area contributed by atoms with Gasteiger partial charge in [-0.1, -0.05) is 12.2 Å². The second kappa shape index (κ2) is 11.1. The van der Waals surface area contributed by atoms with Crippen molar-refractivity contribution < 1.29 is 24.6 Å². The molecule has 0 unspecified atom stereocenters. The van der Waals surface area contributed by atoms with Gasteiger partial charge in [-0.25, -0.2) is 9.78 Å². The molecule has 0 aliphatic heterocycles. The minimum Gasteiger partial charge on any atom is -0.481 e. The number of aliphatic carboxylic acids is 2. The smallest absolute Gasteiger partial charge is 0.326 e. The molecule has 2 rings (SSSR count). The molecule has 0 bridgehead atoms. The standard InChI is InChI=1S/C20H25N5O5S/c1-11-14(18(31)25-20(21)23-11)3-2-10-22-13-6-4-12(5-7-13)17(28)24-15(19(29)30)8-9-16(26)27/h4-7,15,22H,2-3,8-10H2,1H3,(H,24,28)(H,26,27)(H,29,30)(H3,21,23,25,31)/t15-/m1/s1. The second-order valence-electron chi connectivity index (χ2n) is 6.94. The summed E-state index contributed by atoms with van der Waals surface area (Å²) in [5.74, 6) is -2.69. The summed E-state index contributed by atoms with van der Waals surface area (Å²) in [4.78, 5) is 41.1. The number of hydrogen-bond acceptors (Lipinski definition) is 7. The summed E-state index contributed by atoms with van der Waals surface area (Å²) in [5, 5.41) is 23.4. The van der Waals surface area contributed by atoms with E-state index in [2.05, 4.69) is 20.6 Å². The number of carbonyl (C=O) groups excluding carboxylic acids is 1. The van der Waals surface area contributed by atoms with E-state index in [-0.39, 0.29) is 18.4 Å². The average molecular weight is 448 g/mol. The van der Waals surface area contributed by atoms with E-state index in [4.69, 9.17) is 28.2 Å². The fraction of sp³-hybridized carbons (Fsp3) is 0.350. The van der Waals surface area contributed by atoms with Gasteiger partial charge >= 0.3 is 11.9 Å². The number of rotatable bonds is 11. The van der Waals surface area contributed by atoms with Crippen LogP contribution >= 0.6 is 12.2 Å². The maximum atomic E-state index is 12.3. The molecule has 10 nitrogen and oxygen atoms in total. The van der Waals surface area contributed by atoms with E-state index in [9.17, 15) is 14.4 Å². The number of H-pyrrole nitrogens is 1. The molecule has 0 aliphatic rings. The normalized spacial score (nSPS) is 11.5. The van der Waals surface area contributed by atoms with Crippen molar-refractivity contribution in [2.24, 2.45) is 0 Å². The number of benzene rings is 1. The molecule has 0 radical (unpaired) electrons. The number of nitrogens with two attached hydrogens (primary N) is 1. The third kappa shape index (κ3) is 7.37. The molecule has 0 saturated heterocycles. The van der Waals surface area contributed by atoms with Gasteiger partial charge in [0.25, 0.3) is 5.91 Å². The average Bonchev–Trinajstić information content (AvgIpc) is 2.69. The molecular formula is C20H25N5O5S. The predicted molar refractivity (Wildman–Crippen MR) is 118 cm³/mol. The van der Waals surface area contributed by atoms with E-state index >= 15 is 0 Å². The molecular weight excluding hydrogens is 422 g/mol. The Morgan fingerprint density at radius 1 is 1.23 bits per heavy atom. The number of carboxylic acid groups (broad SMARTS) is 2. The number of anilines is 2. The van der Waals surface area contributed by atoms with Crippen LogP contribution in [0.3, 0.4) is 0 Å². The summed E-state index contributed by atoms with van der Waals surface area (Å²) in [6.07, 6.45) is 0.991.